The lowest BCUT2D eigenvalue weighted by molar-refractivity contribution is 0.467. The lowest BCUT2D eigenvalue weighted by atomic mass is 9.99. The number of nitrogens with one attached hydrogen (secondary N) is 1. The monoisotopic (exact) mass is 299 g/mol. The molecule has 3 heteroatoms. The second-order valence-electron chi connectivity index (χ2n) is 5.38. The van der Waals surface area contributed by atoms with E-state index in [4.69, 9.17) is 11.6 Å². The van der Waals surface area contributed by atoms with E-state index in [-0.39, 0.29) is 16.9 Å². The molecule has 1 rings (SSSR count). The molecular weight excluding hydrogens is 273 g/mol. The average Bonchev–Trinajstić information content (AvgIpc) is 2.45. The van der Waals surface area contributed by atoms with E-state index in [1.807, 2.05) is 6.07 Å². The van der Waals surface area contributed by atoms with Gasteiger partial charge in [0.05, 0.1) is 5.02 Å². The highest BCUT2D eigenvalue weighted by Gasteiger charge is 2.12. The third-order valence-corrected chi connectivity index (χ3v) is 3.87. The molecule has 0 radical (unpaired) electrons. The second-order valence-corrected chi connectivity index (χ2v) is 5.79. The van der Waals surface area contributed by atoms with Gasteiger partial charge in [-0.05, 0) is 37.1 Å². The Morgan fingerprint density at radius 3 is 2.50 bits per heavy atom. The van der Waals surface area contributed by atoms with Gasteiger partial charge >= 0.3 is 0 Å². The zero-order chi connectivity index (χ0) is 14.8. The normalized spacial score (nSPS) is 12.6. The summed E-state index contributed by atoms with van der Waals surface area (Å²) in [6.45, 7) is 5.36. The first-order valence-corrected chi connectivity index (χ1v) is 8.25. The molecule has 0 aliphatic carbocycles. The SMILES string of the molecule is CCCCCCCC(NCCC)c1ccc(F)c(Cl)c1. The summed E-state index contributed by atoms with van der Waals surface area (Å²) in [6.07, 6.45) is 8.55. The van der Waals surface area contributed by atoms with Crippen LogP contribution in [0.25, 0.3) is 0 Å². The molecule has 0 aromatic heterocycles. The third-order valence-electron chi connectivity index (χ3n) is 3.58. The van der Waals surface area contributed by atoms with Crippen molar-refractivity contribution >= 4 is 11.6 Å². The van der Waals surface area contributed by atoms with E-state index in [0.29, 0.717) is 0 Å². The Kier molecular flexibility index (Phi) is 8.88. The van der Waals surface area contributed by atoms with Crippen molar-refractivity contribution < 1.29 is 4.39 Å². The molecule has 0 heterocycles. The van der Waals surface area contributed by atoms with Crippen molar-refractivity contribution in [3.8, 4) is 0 Å². The van der Waals surface area contributed by atoms with Crippen molar-refractivity contribution in [2.24, 2.45) is 0 Å². The van der Waals surface area contributed by atoms with Gasteiger partial charge in [0.1, 0.15) is 5.82 Å². The van der Waals surface area contributed by atoms with E-state index in [9.17, 15) is 4.39 Å². The van der Waals surface area contributed by atoms with Crippen LogP contribution in [0.15, 0.2) is 18.2 Å². The molecule has 0 amide bonds. The molecule has 1 aromatic carbocycles. The number of benzene rings is 1. The van der Waals surface area contributed by atoms with Crippen molar-refractivity contribution in [3.05, 3.63) is 34.6 Å². The summed E-state index contributed by atoms with van der Waals surface area (Å²) in [7, 11) is 0. The lowest BCUT2D eigenvalue weighted by Crippen LogP contribution is -2.22. The molecule has 1 N–H and O–H groups in total. The molecule has 0 fully saturated rings. The van der Waals surface area contributed by atoms with Crippen LogP contribution >= 0.6 is 11.6 Å². The van der Waals surface area contributed by atoms with Crippen molar-refractivity contribution in [2.75, 3.05) is 6.54 Å². The van der Waals surface area contributed by atoms with Crippen LogP contribution in [0.4, 0.5) is 4.39 Å². The maximum absolute atomic E-state index is 13.3. The van der Waals surface area contributed by atoms with Crippen LogP contribution in [-0.2, 0) is 0 Å². The molecule has 1 nitrogen and oxygen atoms in total. The first kappa shape index (κ1) is 17.5. The summed E-state index contributed by atoms with van der Waals surface area (Å²) in [5.74, 6) is -0.340. The molecule has 1 aromatic rings. The fourth-order valence-corrected chi connectivity index (χ4v) is 2.58. The van der Waals surface area contributed by atoms with Gasteiger partial charge in [0, 0.05) is 6.04 Å². The lowest BCUT2D eigenvalue weighted by Gasteiger charge is -2.19. The summed E-state index contributed by atoms with van der Waals surface area (Å²) in [5, 5.41) is 3.76. The van der Waals surface area contributed by atoms with Crippen LogP contribution in [0.3, 0.4) is 0 Å². The van der Waals surface area contributed by atoms with Crippen LogP contribution in [0.2, 0.25) is 5.02 Å². The molecule has 0 aliphatic heterocycles. The minimum Gasteiger partial charge on any atom is -0.310 e. The fraction of sp³-hybridized carbons (Fsp3) is 0.647. The highest BCUT2D eigenvalue weighted by atomic mass is 35.5. The van der Waals surface area contributed by atoms with Crippen LogP contribution in [0, 0.1) is 5.82 Å². The van der Waals surface area contributed by atoms with Crippen LogP contribution in [0.5, 0.6) is 0 Å². The van der Waals surface area contributed by atoms with Gasteiger partial charge in [-0.2, -0.15) is 0 Å². The minimum atomic E-state index is -0.340. The molecule has 0 bridgehead atoms. The topological polar surface area (TPSA) is 12.0 Å². The molecular formula is C17H27ClFN. The Bertz CT molecular complexity index is 381. The van der Waals surface area contributed by atoms with Crippen molar-refractivity contribution in [1.82, 2.24) is 5.32 Å². The standard InChI is InChI=1S/C17H27ClFN/c1-3-5-6-7-8-9-17(20-12-4-2)14-10-11-16(19)15(18)13-14/h10-11,13,17,20H,3-9,12H2,1-2H3. The van der Waals surface area contributed by atoms with Gasteiger partial charge in [0.2, 0.25) is 0 Å². The smallest absolute Gasteiger partial charge is 0.141 e. The Morgan fingerprint density at radius 2 is 1.85 bits per heavy atom. The van der Waals surface area contributed by atoms with Crippen molar-refractivity contribution in [2.45, 2.75) is 64.8 Å². The fourth-order valence-electron chi connectivity index (χ4n) is 2.39. The molecule has 114 valence electrons. The number of hydrogen-bond donors (Lipinski definition) is 1. The van der Waals surface area contributed by atoms with E-state index in [2.05, 4.69) is 19.2 Å². The van der Waals surface area contributed by atoms with Crippen LogP contribution < -0.4 is 5.32 Å². The molecule has 0 spiro atoms. The highest BCUT2D eigenvalue weighted by Crippen LogP contribution is 2.25. The Morgan fingerprint density at radius 1 is 1.10 bits per heavy atom. The van der Waals surface area contributed by atoms with Crippen molar-refractivity contribution in [3.63, 3.8) is 0 Å². The van der Waals surface area contributed by atoms with E-state index < -0.39 is 0 Å². The van der Waals surface area contributed by atoms with Crippen molar-refractivity contribution in [1.29, 1.82) is 0 Å². The molecule has 1 atom stereocenters. The predicted octanol–water partition coefficient (Wildman–Crippen LogP) is 5.88. The molecule has 0 saturated heterocycles. The van der Waals surface area contributed by atoms with Gasteiger partial charge in [-0.3, -0.25) is 0 Å². The maximum atomic E-state index is 13.3. The predicted molar refractivity (Wildman–Crippen MR) is 85.8 cm³/mol. The van der Waals surface area contributed by atoms with Gasteiger partial charge in [-0.1, -0.05) is 63.6 Å². The summed E-state index contributed by atoms with van der Waals surface area (Å²) < 4.78 is 13.3. The minimum absolute atomic E-state index is 0.219. The molecule has 0 aliphatic rings. The van der Waals surface area contributed by atoms with Gasteiger partial charge in [0.25, 0.3) is 0 Å². The van der Waals surface area contributed by atoms with E-state index >= 15 is 0 Å². The summed E-state index contributed by atoms with van der Waals surface area (Å²) >= 11 is 5.89. The van der Waals surface area contributed by atoms with E-state index in [0.717, 1.165) is 24.9 Å². The zero-order valence-corrected chi connectivity index (χ0v) is 13.5. The Hall–Kier alpha value is -0.600. The number of halogens is 2. The summed E-state index contributed by atoms with van der Waals surface area (Å²) in [5.41, 5.74) is 1.10. The molecule has 20 heavy (non-hydrogen) atoms. The number of hydrogen-bond acceptors (Lipinski definition) is 1. The molecule has 1 unspecified atom stereocenters. The quantitative estimate of drug-likeness (QED) is 0.532. The first-order valence-electron chi connectivity index (χ1n) is 7.87. The molecule has 0 saturated carbocycles. The third kappa shape index (κ3) is 6.23. The summed E-state index contributed by atoms with van der Waals surface area (Å²) in [6, 6.07) is 5.36. The van der Waals surface area contributed by atoms with E-state index in [1.54, 1.807) is 6.07 Å². The van der Waals surface area contributed by atoms with Gasteiger partial charge in [0.15, 0.2) is 0 Å². The van der Waals surface area contributed by atoms with Crippen LogP contribution in [0.1, 0.15) is 70.4 Å². The van der Waals surface area contributed by atoms with Gasteiger partial charge < -0.3 is 5.32 Å². The Labute approximate surface area is 127 Å². The van der Waals surface area contributed by atoms with Crippen LogP contribution in [-0.4, -0.2) is 6.54 Å². The average molecular weight is 300 g/mol. The van der Waals surface area contributed by atoms with Gasteiger partial charge in [-0.15, -0.1) is 0 Å². The maximum Gasteiger partial charge on any atom is 0.141 e. The highest BCUT2D eigenvalue weighted by molar-refractivity contribution is 6.30. The van der Waals surface area contributed by atoms with E-state index in [1.165, 1.54) is 38.2 Å². The van der Waals surface area contributed by atoms with Gasteiger partial charge in [-0.25, -0.2) is 4.39 Å². The first-order chi connectivity index (χ1) is 9.69. The number of rotatable bonds is 10. The second kappa shape index (κ2) is 10.2. The number of unbranched alkanes of at least 4 members (excludes halogenated alkanes) is 4. The zero-order valence-electron chi connectivity index (χ0n) is 12.7. The summed E-state index contributed by atoms with van der Waals surface area (Å²) in [4.78, 5) is 0. The Balaban J connectivity index is 2.55. The largest absolute Gasteiger partial charge is 0.310 e.